The predicted octanol–water partition coefficient (Wildman–Crippen LogP) is 1.99. The molecule has 9 heteroatoms. The highest BCUT2D eigenvalue weighted by molar-refractivity contribution is 7.89. The minimum absolute atomic E-state index is 0. The Morgan fingerprint density at radius 2 is 2.17 bits per heavy atom. The molecule has 0 bridgehead atoms. The summed E-state index contributed by atoms with van der Waals surface area (Å²) in [4.78, 5) is 6.35. The predicted molar refractivity (Wildman–Crippen MR) is 89.1 cm³/mol. The van der Waals surface area contributed by atoms with E-state index in [4.69, 9.17) is 10.5 Å². The summed E-state index contributed by atoms with van der Waals surface area (Å²) in [6.07, 6.45) is 3.10. The van der Waals surface area contributed by atoms with Crippen LogP contribution in [0.5, 0.6) is 5.75 Å². The number of nitrogens with two attached hydrogens (primary N) is 1. The zero-order valence-corrected chi connectivity index (χ0v) is 14.4. The molecule has 1 aromatic carbocycles. The van der Waals surface area contributed by atoms with Crippen LogP contribution in [0.3, 0.4) is 0 Å². The first-order chi connectivity index (χ1) is 10.3. The number of anilines is 1. The van der Waals surface area contributed by atoms with Gasteiger partial charge in [0.05, 0.1) is 18.6 Å². The van der Waals surface area contributed by atoms with E-state index < -0.39 is 21.7 Å². The number of nitrogens with zero attached hydrogens (tertiary/aromatic N) is 1. The van der Waals surface area contributed by atoms with Crippen molar-refractivity contribution in [3.05, 3.63) is 36.3 Å². The van der Waals surface area contributed by atoms with E-state index in [-0.39, 0.29) is 17.4 Å². The van der Waals surface area contributed by atoms with Gasteiger partial charge in [-0.3, -0.25) is 0 Å². The van der Waals surface area contributed by atoms with Gasteiger partial charge in [-0.2, -0.15) is 0 Å². The van der Waals surface area contributed by atoms with Gasteiger partial charge in [-0.15, -0.1) is 12.4 Å². The molecule has 0 aliphatic carbocycles. The molecule has 1 aromatic heterocycles. The summed E-state index contributed by atoms with van der Waals surface area (Å²) < 4.78 is 33.4. The fourth-order valence-electron chi connectivity index (χ4n) is 2.62. The Labute approximate surface area is 141 Å². The number of nitrogen functional groups attached to an aromatic ring is 1. The lowest BCUT2D eigenvalue weighted by atomic mass is 9.90. The van der Waals surface area contributed by atoms with Crippen LogP contribution in [0.25, 0.3) is 0 Å². The molecule has 1 aliphatic rings. The minimum Gasteiger partial charge on any atom is -0.487 e. The molecule has 4 N–H and O–H groups in total. The molecule has 1 aliphatic heterocycles. The van der Waals surface area contributed by atoms with Crippen LogP contribution in [-0.2, 0) is 10.0 Å². The highest BCUT2D eigenvalue weighted by Crippen LogP contribution is 2.40. The van der Waals surface area contributed by atoms with E-state index in [0.717, 1.165) is 5.56 Å². The third kappa shape index (κ3) is 3.60. The average molecular weight is 359 g/mol. The number of benzene rings is 1. The van der Waals surface area contributed by atoms with Gasteiger partial charge in [-0.25, -0.2) is 18.1 Å². The molecule has 0 spiro atoms. The number of rotatable bonds is 3. The third-order valence-electron chi connectivity index (χ3n) is 3.55. The van der Waals surface area contributed by atoms with Crippen molar-refractivity contribution in [2.45, 2.75) is 36.9 Å². The first-order valence-corrected chi connectivity index (χ1v) is 8.34. The molecular weight excluding hydrogens is 340 g/mol. The van der Waals surface area contributed by atoms with Gasteiger partial charge in [0.2, 0.25) is 0 Å². The SMILES string of the molecule is CC1(C)CC(NS(=O)(=O)c2cnc[nH]2)c2cc(N)ccc2O1.Cl. The maximum Gasteiger partial charge on any atom is 0.258 e. The van der Waals surface area contributed by atoms with E-state index in [2.05, 4.69) is 14.7 Å². The molecule has 126 valence electrons. The average Bonchev–Trinajstić information content (AvgIpc) is 2.93. The second-order valence-corrected chi connectivity index (χ2v) is 7.64. The summed E-state index contributed by atoms with van der Waals surface area (Å²) in [5.74, 6) is 0.641. The van der Waals surface area contributed by atoms with Crippen LogP contribution in [0, 0.1) is 0 Å². The van der Waals surface area contributed by atoms with Crippen molar-refractivity contribution in [3.8, 4) is 5.75 Å². The molecule has 23 heavy (non-hydrogen) atoms. The van der Waals surface area contributed by atoms with Gasteiger partial charge in [0.1, 0.15) is 11.4 Å². The second kappa shape index (κ2) is 6.03. The monoisotopic (exact) mass is 358 g/mol. The highest BCUT2D eigenvalue weighted by atomic mass is 35.5. The van der Waals surface area contributed by atoms with Crippen LogP contribution in [0.2, 0.25) is 0 Å². The van der Waals surface area contributed by atoms with Crippen LogP contribution >= 0.6 is 12.4 Å². The lowest BCUT2D eigenvalue weighted by Crippen LogP contribution is -2.41. The summed E-state index contributed by atoms with van der Waals surface area (Å²) in [5, 5.41) is 0.0299. The maximum absolute atomic E-state index is 12.4. The van der Waals surface area contributed by atoms with Crippen molar-refractivity contribution in [3.63, 3.8) is 0 Å². The minimum atomic E-state index is -3.69. The number of fused-ring (bicyclic) bond motifs is 1. The number of ether oxygens (including phenoxy) is 1. The molecule has 0 fully saturated rings. The molecule has 2 heterocycles. The Balaban J connectivity index is 0.00000192. The second-order valence-electron chi connectivity index (χ2n) is 5.95. The third-order valence-corrected chi connectivity index (χ3v) is 4.95. The largest absolute Gasteiger partial charge is 0.487 e. The highest BCUT2D eigenvalue weighted by Gasteiger charge is 2.36. The fraction of sp³-hybridized carbons (Fsp3) is 0.357. The van der Waals surface area contributed by atoms with Gasteiger partial charge in [-0.1, -0.05) is 0 Å². The smallest absolute Gasteiger partial charge is 0.258 e. The van der Waals surface area contributed by atoms with E-state index in [0.29, 0.717) is 17.9 Å². The fourth-order valence-corrected chi connectivity index (χ4v) is 3.74. The van der Waals surface area contributed by atoms with E-state index in [1.165, 1.54) is 12.5 Å². The zero-order chi connectivity index (χ0) is 16.0. The van der Waals surface area contributed by atoms with Gasteiger partial charge in [0, 0.05) is 17.7 Å². The molecule has 1 unspecified atom stereocenters. The number of aromatic nitrogens is 2. The first kappa shape index (κ1) is 17.6. The van der Waals surface area contributed by atoms with E-state index in [1.807, 2.05) is 13.8 Å². The Morgan fingerprint density at radius 1 is 1.43 bits per heavy atom. The standard InChI is InChI=1S/C14H18N4O3S.ClH/c1-14(2)6-11(10-5-9(15)3-4-12(10)21-14)18-22(19,20)13-7-16-8-17-13;/h3-5,7-8,11,18H,6,15H2,1-2H3,(H,16,17);1H. The van der Waals surface area contributed by atoms with Gasteiger partial charge in [0.15, 0.2) is 5.03 Å². The summed E-state index contributed by atoms with van der Waals surface area (Å²) in [7, 11) is -3.69. The van der Waals surface area contributed by atoms with Crippen molar-refractivity contribution >= 4 is 28.1 Å². The number of hydrogen-bond donors (Lipinski definition) is 3. The molecule has 0 saturated heterocycles. The number of sulfonamides is 1. The molecule has 3 rings (SSSR count). The van der Waals surface area contributed by atoms with Gasteiger partial charge < -0.3 is 15.5 Å². The maximum atomic E-state index is 12.4. The lowest BCUT2D eigenvalue weighted by Gasteiger charge is -2.37. The quantitative estimate of drug-likeness (QED) is 0.727. The Bertz CT molecular complexity index is 790. The van der Waals surface area contributed by atoms with Crippen molar-refractivity contribution in [1.29, 1.82) is 0 Å². The van der Waals surface area contributed by atoms with Crippen molar-refractivity contribution in [2.24, 2.45) is 0 Å². The summed E-state index contributed by atoms with van der Waals surface area (Å²) in [6, 6.07) is 4.82. The van der Waals surface area contributed by atoms with Gasteiger partial charge in [-0.05, 0) is 32.0 Å². The van der Waals surface area contributed by atoms with Crippen molar-refractivity contribution in [1.82, 2.24) is 14.7 Å². The van der Waals surface area contributed by atoms with Crippen LogP contribution in [0.1, 0.15) is 31.9 Å². The summed E-state index contributed by atoms with van der Waals surface area (Å²) >= 11 is 0. The van der Waals surface area contributed by atoms with E-state index in [1.54, 1.807) is 18.2 Å². The van der Waals surface area contributed by atoms with Crippen molar-refractivity contribution < 1.29 is 13.2 Å². The molecule has 0 radical (unpaired) electrons. The van der Waals surface area contributed by atoms with Crippen molar-refractivity contribution in [2.75, 3.05) is 5.73 Å². The lowest BCUT2D eigenvalue weighted by molar-refractivity contribution is 0.0702. The van der Waals surface area contributed by atoms with E-state index >= 15 is 0 Å². The van der Waals surface area contributed by atoms with Gasteiger partial charge in [0.25, 0.3) is 10.0 Å². The van der Waals surface area contributed by atoms with Crippen LogP contribution in [0.4, 0.5) is 5.69 Å². The molecule has 2 aromatic rings. The number of nitrogens with one attached hydrogen (secondary N) is 2. The van der Waals surface area contributed by atoms with Crippen LogP contribution in [-0.4, -0.2) is 24.0 Å². The summed E-state index contributed by atoms with van der Waals surface area (Å²) in [6.45, 7) is 3.84. The number of hydrogen-bond acceptors (Lipinski definition) is 5. The Morgan fingerprint density at radius 3 is 2.83 bits per heavy atom. The van der Waals surface area contributed by atoms with Crippen LogP contribution in [0.15, 0.2) is 35.7 Å². The normalized spacial score (nSPS) is 19.3. The molecule has 1 atom stereocenters. The van der Waals surface area contributed by atoms with E-state index in [9.17, 15) is 8.42 Å². The van der Waals surface area contributed by atoms with Gasteiger partial charge >= 0.3 is 0 Å². The van der Waals surface area contributed by atoms with Crippen LogP contribution < -0.4 is 15.2 Å². The topological polar surface area (TPSA) is 110 Å². The Kier molecular flexibility index (Phi) is 4.61. The Hall–Kier alpha value is -1.77. The molecule has 0 amide bonds. The number of imidazole rings is 1. The summed E-state index contributed by atoms with van der Waals surface area (Å²) in [5.41, 5.74) is 6.64. The number of halogens is 1. The number of H-pyrrole nitrogens is 1. The zero-order valence-electron chi connectivity index (χ0n) is 12.7. The number of aromatic amines is 1. The molecule has 7 nitrogen and oxygen atoms in total. The molecular formula is C14H19ClN4O3S. The molecule has 0 saturated carbocycles. The first-order valence-electron chi connectivity index (χ1n) is 6.86.